The number of hydrogen-bond acceptors (Lipinski definition) is 3. The first-order valence-electron chi connectivity index (χ1n) is 8.64. The minimum absolute atomic E-state index is 0.157. The number of benzene rings is 2. The molecule has 0 bridgehead atoms. The molecule has 1 saturated heterocycles. The van der Waals surface area contributed by atoms with E-state index in [1.165, 1.54) is 4.90 Å². The Morgan fingerprint density at radius 3 is 2.19 bits per heavy atom. The summed E-state index contributed by atoms with van der Waals surface area (Å²) in [5, 5.41) is 2.81. The van der Waals surface area contributed by atoms with Gasteiger partial charge in [-0.3, -0.25) is 14.4 Å². The lowest BCUT2D eigenvalue weighted by Gasteiger charge is -2.16. The molecule has 3 amide bonds. The standard InChI is InChI=1S/C21H18N2O3/c24-19(14-7-2-1-3-8-14)22-15-9-6-10-16(13-15)23-20(25)17-11-4-5-12-18(17)21(23)26/h1-10,13,17-18H,11-12H2,(H,22,24)/t17-,18-/m1/s1. The Balaban J connectivity index is 1.57. The second kappa shape index (κ2) is 6.59. The van der Waals surface area contributed by atoms with Gasteiger partial charge in [0, 0.05) is 11.3 Å². The molecule has 1 aliphatic heterocycles. The summed E-state index contributed by atoms with van der Waals surface area (Å²) < 4.78 is 0. The van der Waals surface area contributed by atoms with Crippen LogP contribution in [-0.4, -0.2) is 17.7 Å². The number of anilines is 2. The topological polar surface area (TPSA) is 66.5 Å². The van der Waals surface area contributed by atoms with Gasteiger partial charge in [-0.15, -0.1) is 0 Å². The van der Waals surface area contributed by atoms with Gasteiger partial charge in [0.05, 0.1) is 17.5 Å². The molecule has 5 heteroatoms. The van der Waals surface area contributed by atoms with Crippen molar-refractivity contribution in [1.29, 1.82) is 0 Å². The van der Waals surface area contributed by atoms with E-state index in [0.717, 1.165) is 0 Å². The number of rotatable bonds is 3. The van der Waals surface area contributed by atoms with Crippen molar-refractivity contribution in [3.63, 3.8) is 0 Å². The fourth-order valence-corrected chi connectivity index (χ4v) is 3.57. The Bertz CT molecular complexity index is 878. The highest BCUT2D eigenvalue weighted by molar-refractivity contribution is 6.22. The molecule has 4 rings (SSSR count). The van der Waals surface area contributed by atoms with E-state index >= 15 is 0 Å². The summed E-state index contributed by atoms with van der Waals surface area (Å²) in [6.45, 7) is 0. The van der Waals surface area contributed by atoms with Gasteiger partial charge in [0.15, 0.2) is 0 Å². The Kier molecular flexibility index (Phi) is 4.13. The zero-order valence-electron chi connectivity index (χ0n) is 14.1. The molecule has 0 aromatic heterocycles. The molecule has 2 atom stereocenters. The number of carbonyl (C=O) groups is 3. The Morgan fingerprint density at radius 1 is 0.885 bits per heavy atom. The largest absolute Gasteiger partial charge is 0.322 e. The van der Waals surface area contributed by atoms with Gasteiger partial charge in [0.25, 0.3) is 5.91 Å². The van der Waals surface area contributed by atoms with Crippen LogP contribution >= 0.6 is 0 Å². The first kappa shape index (κ1) is 16.3. The first-order valence-corrected chi connectivity index (χ1v) is 8.64. The van der Waals surface area contributed by atoms with Crippen molar-refractivity contribution >= 4 is 29.1 Å². The molecule has 1 aliphatic carbocycles. The number of imide groups is 1. The summed E-state index contributed by atoms with van der Waals surface area (Å²) in [5.41, 5.74) is 1.59. The third-order valence-electron chi connectivity index (χ3n) is 4.91. The molecule has 2 aliphatic rings. The summed E-state index contributed by atoms with van der Waals surface area (Å²) in [6.07, 6.45) is 5.14. The molecule has 0 spiro atoms. The predicted molar refractivity (Wildman–Crippen MR) is 98.7 cm³/mol. The van der Waals surface area contributed by atoms with E-state index in [1.807, 2.05) is 18.2 Å². The van der Waals surface area contributed by atoms with Gasteiger partial charge in [-0.2, -0.15) is 0 Å². The summed E-state index contributed by atoms with van der Waals surface area (Å²) in [6, 6.07) is 15.7. The molecule has 5 nitrogen and oxygen atoms in total. The lowest BCUT2D eigenvalue weighted by atomic mass is 9.85. The van der Waals surface area contributed by atoms with Gasteiger partial charge in [0.2, 0.25) is 11.8 Å². The van der Waals surface area contributed by atoms with Gasteiger partial charge in [0.1, 0.15) is 0 Å². The second-order valence-corrected chi connectivity index (χ2v) is 6.54. The van der Waals surface area contributed by atoms with Crippen molar-refractivity contribution in [2.24, 2.45) is 11.8 Å². The Morgan fingerprint density at radius 2 is 1.54 bits per heavy atom. The molecule has 0 saturated carbocycles. The smallest absolute Gasteiger partial charge is 0.255 e. The highest BCUT2D eigenvalue weighted by Crippen LogP contribution is 2.38. The molecule has 1 fully saturated rings. The van der Waals surface area contributed by atoms with Crippen LogP contribution in [0.25, 0.3) is 0 Å². The maximum atomic E-state index is 12.7. The zero-order chi connectivity index (χ0) is 18.1. The van der Waals surface area contributed by atoms with Crippen molar-refractivity contribution in [2.75, 3.05) is 10.2 Å². The van der Waals surface area contributed by atoms with Gasteiger partial charge in [-0.1, -0.05) is 36.4 Å². The van der Waals surface area contributed by atoms with Crippen molar-refractivity contribution < 1.29 is 14.4 Å². The van der Waals surface area contributed by atoms with Gasteiger partial charge < -0.3 is 5.32 Å². The maximum absolute atomic E-state index is 12.7. The first-order chi connectivity index (χ1) is 12.6. The van der Waals surface area contributed by atoms with E-state index in [4.69, 9.17) is 0 Å². The van der Waals surface area contributed by atoms with Crippen LogP contribution in [-0.2, 0) is 9.59 Å². The summed E-state index contributed by atoms with van der Waals surface area (Å²) >= 11 is 0. The molecule has 0 radical (unpaired) electrons. The summed E-state index contributed by atoms with van der Waals surface area (Å²) in [7, 11) is 0. The van der Waals surface area contributed by atoms with Crippen LogP contribution in [0, 0.1) is 11.8 Å². The van der Waals surface area contributed by atoms with Gasteiger partial charge in [-0.25, -0.2) is 4.90 Å². The van der Waals surface area contributed by atoms with Crippen LogP contribution in [0.2, 0.25) is 0 Å². The highest BCUT2D eigenvalue weighted by atomic mass is 16.2. The van der Waals surface area contributed by atoms with Crippen LogP contribution in [0.15, 0.2) is 66.7 Å². The fraction of sp³-hybridized carbons (Fsp3) is 0.190. The molecule has 26 heavy (non-hydrogen) atoms. The van der Waals surface area contributed by atoms with Crippen molar-refractivity contribution in [3.05, 3.63) is 72.3 Å². The number of nitrogens with one attached hydrogen (secondary N) is 1. The van der Waals surface area contributed by atoms with Crippen LogP contribution < -0.4 is 10.2 Å². The van der Waals surface area contributed by atoms with E-state index in [9.17, 15) is 14.4 Å². The number of carbonyl (C=O) groups excluding carboxylic acids is 3. The SMILES string of the molecule is O=C(Nc1cccc(N2C(=O)[C@@H]3CC=CC[C@H]3C2=O)c1)c1ccccc1. The van der Waals surface area contributed by atoms with Gasteiger partial charge in [-0.05, 0) is 43.2 Å². The van der Waals surface area contributed by atoms with Crippen LogP contribution in [0.3, 0.4) is 0 Å². The molecule has 1 heterocycles. The van der Waals surface area contributed by atoms with Crippen LogP contribution in [0.1, 0.15) is 23.2 Å². The number of hydrogen-bond donors (Lipinski definition) is 1. The van der Waals surface area contributed by atoms with Crippen molar-refractivity contribution in [1.82, 2.24) is 0 Å². The second-order valence-electron chi connectivity index (χ2n) is 6.54. The van der Waals surface area contributed by atoms with Crippen LogP contribution in [0.4, 0.5) is 11.4 Å². The van der Waals surface area contributed by atoms with E-state index < -0.39 is 0 Å². The van der Waals surface area contributed by atoms with E-state index in [0.29, 0.717) is 29.8 Å². The molecule has 0 unspecified atom stereocenters. The number of fused-ring (bicyclic) bond motifs is 1. The average molecular weight is 346 g/mol. The molecular formula is C21H18N2O3. The van der Waals surface area contributed by atoms with Gasteiger partial charge >= 0.3 is 0 Å². The number of allylic oxidation sites excluding steroid dienone is 2. The Labute approximate surface area is 151 Å². The minimum atomic E-state index is -0.268. The zero-order valence-corrected chi connectivity index (χ0v) is 14.1. The third kappa shape index (κ3) is 2.81. The monoisotopic (exact) mass is 346 g/mol. The highest BCUT2D eigenvalue weighted by Gasteiger charge is 2.47. The fourth-order valence-electron chi connectivity index (χ4n) is 3.57. The third-order valence-corrected chi connectivity index (χ3v) is 4.91. The lowest BCUT2D eigenvalue weighted by molar-refractivity contribution is -0.122. The number of nitrogens with zero attached hydrogens (tertiary/aromatic N) is 1. The molecule has 130 valence electrons. The average Bonchev–Trinajstić information content (AvgIpc) is 2.94. The minimum Gasteiger partial charge on any atom is -0.322 e. The van der Waals surface area contributed by atoms with Crippen LogP contribution in [0.5, 0.6) is 0 Å². The summed E-state index contributed by atoms with van der Waals surface area (Å²) in [5.74, 6) is -1.09. The molecule has 2 aromatic carbocycles. The quantitative estimate of drug-likeness (QED) is 0.684. The molecule has 1 N–H and O–H groups in total. The van der Waals surface area contributed by atoms with E-state index in [-0.39, 0.29) is 29.6 Å². The van der Waals surface area contributed by atoms with Crippen molar-refractivity contribution in [3.8, 4) is 0 Å². The molecule has 2 aromatic rings. The summed E-state index contributed by atoms with van der Waals surface area (Å²) in [4.78, 5) is 39.0. The normalized spacial score (nSPS) is 21.6. The van der Waals surface area contributed by atoms with Crippen molar-refractivity contribution in [2.45, 2.75) is 12.8 Å². The molecular weight excluding hydrogens is 328 g/mol. The predicted octanol–water partition coefficient (Wildman–Crippen LogP) is 3.39. The number of amides is 3. The maximum Gasteiger partial charge on any atom is 0.255 e. The van der Waals surface area contributed by atoms with E-state index in [2.05, 4.69) is 5.32 Å². The lowest BCUT2D eigenvalue weighted by Crippen LogP contribution is -2.30. The Hall–Kier alpha value is -3.21. The van der Waals surface area contributed by atoms with E-state index in [1.54, 1.807) is 48.5 Å².